The summed E-state index contributed by atoms with van der Waals surface area (Å²) in [5, 5.41) is 1.20. The first-order valence-electron chi connectivity index (χ1n) is 8.41. The molecule has 1 amide bonds. The highest BCUT2D eigenvalue weighted by molar-refractivity contribution is 5.92. The summed E-state index contributed by atoms with van der Waals surface area (Å²) in [6.07, 6.45) is 8.23. The van der Waals surface area contributed by atoms with Crippen LogP contribution in [0, 0.1) is 5.92 Å². The molecule has 1 fully saturated rings. The number of likely N-dealkylation sites (tertiary alicyclic amines) is 1. The van der Waals surface area contributed by atoms with Gasteiger partial charge in [-0.3, -0.25) is 9.78 Å². The lowest BCUT2D eigenvalue weighted by Gasteiger charge is -2.31. The number of piperidine rings is 1. The highest BCUT2D eigenvalue weighted by Crippen LogP contribution is 2.23. The fourth-order valence-corrected chi connectivity index (χ4v) is 3.44. The van der Waals surface area contributed by atoms with Crippen molar-refractivity contribution in [1.82, 2.24) is 19.9 Å². The highest BCUT2D eigenvalue weighted by atomic mass is 16.2. The molecule has 0 saturated carbocycles. The predicted molar refractivity (Wildman–Crippen MR) is 92.7 cm³/mol. The first-order chi connectivity index (χ1) is 11.8. The van der Waals surface area contributed by atoms with Crippen LogP contribution >= 0.6 is 0 Å². The van der Waals surface area contributed by atoms with E-state index >= 15 is 0 Å². The summed E-state index contributed by atoms with van der Waals surface area (Å²) in [7, 11) is 0. The number of pyridine rings is 1. The van der Waals surface area contributed by atoms with Crippen LogP contribution in [0.15, 0.2) is 49.1 Å². The summed E-state index contributed by atoms with van der Waals surface area (Å²) in [6.45, 7) is 1.62. The third-order valence-electron chi connectivity index (χ3n) is 4.80. The molecule has 1 aliphatic heterocycles. The van der Waals surface area contributed by atoms with Gasteiger partial charge in [0.1, 0.15) is 5.69 Å². The number of carbonyl (C=O) groups is 1. The van der Waals surface area contributed by atoms with Gasteiger partial charge in [0.15, 0.2) is 0 Å². The van der Waals surface area contributed by atoms with Crippen LogP contribution in [0.3, 0.4) is 0 Å². The zero-order valence-electron chi connectivity index (χ0n) is 13.5. The fraction of sp³-hybridized carbons (Fsp3) is 0.316. The van der Waals surface area contributed by atoms with Gasteiger partial charge < -0.3 is 9.88 Å². The number of hydrogen-bond acceptors (Lipinski definition) is 3. The predicted octanol–water partition coefficient (Wildman–Crippen LogP) is 3.05. The Hall–Kier alpha value is -2.69. The lowest BCUT2D eigenvalue weighted by Crippen LogP contribution is -2.39. The normalized spacial score (nSPS) is 15.8. The monoisotopic (exact) mass is 320 g/mol. The average molecular weight is 320 g/mol. The van der Waals surface area contributed by atoms with Crippen LogP contribution < -0.4 is 0 Å². The van der Waals surface area contributed by atoms with Gasteiger partial charge in [0.2, 0.25) is 0 Å². The van der Waals surface area contributed by atoms with Crippen molar-refractivity contribution in [2.75, 3.05) is 13.1 Å². The van der Waals surface area contributed by atoms with Crippen molar-refractivity contribution in [3.8, 4) is 0 Å². The molecule has 0 aliphatic carbocycles. The average Bonchev–Trinajstić information content (AvgIpc) is 3.16. The highest BCUT2D eigenvalue weighted by Gasteiger charge is 2.24. The van der Waals surface area contributed by atoms with Gasteiger partial charge in [0.05, 0.1) is 18.0 Å². The molecule has 3 aromatic rings. The Morgan fingerprint density at radius 1 is 1.21 bits per heavy atom. The third kappa shape index (κ3) is 3.02. The van der Waals surface area contributed by atoms with E-state index in [1.807, 2.05) is 29.3 Å². The molecule has 0 radical (unpaired) electrons. The van der Waals surface area contributed by atoms with E-state index in [1.54, 1.807) is 12.5 Å². The van der Waals surface area contributed by atoms with E-state index in [0.29, 0.717) is 11.6 Å². The molecular formula is C19H20N4O. The van der Waals surface area contributed by atoms with E-state index in [4.69, 9.17) is 0 Å². The van der Waals surface area contributed by atoms with E-state index in [-0.39, 0.29) is 5.91 Å². The molecular weight excluding hydrogens is 300 g/mol. The number of hydrogen-bond donors (Lipinski definition) is 1. The molecule has 0 unspecified atom stereocenters. The zero-order chi connectivity index (χ0) is 16.4. The van der Waals surface area contributed by atoms with Crippen LogP contribution in [-0.4, -0.2) is 38.8 Å². The summed E-state index contributed by atoms with van der Waals surface area (Å²) < 4.78 is 0. The summed E-state index contributed by atoms with van der Waals surface area (Å²) in [6, 6.07) is 10.5. The molecule has 24 heavy (non-hydrogen) atoms. The summed E-state index contributed by atoms with van der Waals surface area (Å²) in [5.41, 5.74) is 2.90. The number of nitrogens with one attached hydrogen (secondary N) is 1. The lowest BCUT2D eigenvalue weighted by molar-refractivity contribution is 0.0685. The Morgan fingerprint density at radius 2 is 2.04 bits per heavy atom. The number of rotatable bonds is 3. The molecule has 0 atom stereocenters. The lowest BCUT2D eigenvalue weighted by atomic mass is 9.90. The maximum atomic E-state index is 12.3. The standard InChI is InChI=1S/C19H20N4O/c24-19(18-12-20-13-22-18)23-7-5-14(6-8-23)9-15-10-16-3-1-2-4-17(16)21-11-15/h1-4,10-14H,5-9H2,(H,20,22). The molecule has 0 bridgehead atoms. The number of fused-ring (bicyclic) bond motifs is 1. The Kier molecular flexibility index (Phi) is 3.99. The van der Waals surface area contributed by atoms with Gasteiger partial charge in [-0.2, -0.15) is 0 Å². The Balaban J connectivity index is 1.38. The van der Waals surface area contributed by atoms with E-state index in [2.05, 4.69) is 27.1 Å². The largest absolute Gasteiger partial charge is 0.341 e. The molecule has 1 N–H and O–H groups in total. The van der Waals surface area contributed by atoms with Crippen LogP contribution in [0.1, 0.15) is 28.9 Å². The number of carbonyl (C=O) groups excluding carboxylic acids is 1. The fourth-order valence-electron chi connectivity index (χ4n) is 3.44. The van der Waals surface area contributed by atoms with Crippen molar-refractivity contribution >= 4 is 16.8 Å². The number of imidazole rings is 1. The smallest absolute Gasteiger partial charge is 0.271 e. The van der Waals surface area contributed by atoms with Gasteiger partial charge >= 0.3 is 0 Å². The minimum atomic E-state index is 0.0540. The Morgan fingerprint density at radius 3 is 2.83 bits per heavy atom. The first kappa shape index (κ1) is 14.9. The second-order valence-corrected chi connectivity index (χ2v) is 6.44. The van der Waals surface area contributed by atoms with Crippen molar-refractivity contribution in [1.29, 1.82) is 0 Å². The van der Waals surface area contributed by atoms with Gasteiger partial charge in [0, 0.05) is 24.7 Å². The van der Waals surface area contributed by atoms with Gasteiger partial charge in [0.25, 0.3) is 5.91 Å². The molecule has 2 aromatic heterocycles. The molecule has 1 aromatic carbocycles. The van der Waals surface area contributed by atoms with Gasteiger partial charge in [-0.05, 0) is 42.9 Å². The molecule has 3 heterocycles. The minimum absolute atomic E-state index is 0.0540. The number of aromatic nitrogens is 3. The van der Waals surface area contributed by atoms with E-state index in [1.165, 1.54) is 10.9 Å². The zero-order valence-corrected chi connectivity index (χ0v) is 13.5. The molecule has 1 aliphatic rings. The van der Waals surface area contributed by atoms with Gasteiger partial charge in [-0.15, -0.1) is 0 Å². The molecule has 122 valence electrons. The summed E-state index contributed by atoms with van der Waals surface area (Å²) in [5.74, 6) is 0.664. The molecule has 1 saturated heterocycles. The second kappa shape index (κ2) is 6.43. The SMILES string of the molecule is O=C(c1cnc[nH]1)N1CCC(Cc2cnc3ccccc3c2)CC1. The number of amides is 1. The molecule has 0 spiro atoms. The quantitative estimate of drug-likeness (QED) is 0.807. The van der Waals surface area contributed by atoms with Crippen LogP contribution in [0.5, 0.6) is 0 Å². The molecule has 5 heteroatoms. The van der Waals surface area contributed by atoms with Crippen LogP contribution in [0.25, 0.3) is 10.9 Å². The minimum Gasteiger partial charge on any atom is -0.341 e. The van der Waals surface area contributed by atoms with Crippen LogP contribution in [-0.2, 0) is 6.42 Å². The van der Waals surface area contributed by atoms with Crippen molar-refractivity contribution in [3.05, 3.63) is 60.3 Å². The van der Waals surface area contributed by atoms with Gasteiger partial charge in [-0.1, -0.05) is 18.2 Å². The summed E-state index contributed by atoms with van der Waals surface area (Å²) >= 11 is 0. The van der Waals surface area contributed by atoms with Crippen molar-refractivity contribution in [3.63, 3.8) is 0 Å². The van der Waals surface area contributed by atoms with Crippen LogP contribution in [0.2, 0.25) is 0 Å². The van der Waals surface area contributed by atoms with E-state index in [0.717, 1.165) is 37.9 Å². The van der Waals surface area contributed by atoms with Crippen molar-refractivity contribution in [2.45, 2.75) is 19.3 Å². The third-order valence-corrected chi connectivity index (χ3v) is 4.80. The Labute approximate surface area is 140 Å². The van der Waals surface area contributed by atoms with Crippen molar-refractivity contribution < 1.29 is 4.79 Å². The number of benzene rings is 1. The van der Waals surface area contributed by atoms with Crippen LogP contribution in [0.4, 0.5) is 0 Å². The summed E-state index contributed by atoms with van der Waals surface area (Å²) in [4.78, 5) is 25.6. The van der Waals surface area contributed by atoms with E-state index < -0.39 is 0 Å². The first-order valence-corrected chi connectivity index (χ1v) is 8.41. The van der Waals surface area contributed by atoms with E-state index in [9.17, 15) is 4.79 Å². The molecule has 5 nitrogen and oxygen atoms in total. The Bertz CT molecular complexity index is 835. The number of nitrogens with zero attached hydrogens (tertiary/aromatic N) is 3. The number of para-hydroxylation sites is 1. The molecule has 4 rings (SSSR count). The maximum absolute atomic E-state index is 12.3. The second-order valence-electron chi connectivity index (χ2n) is 6.44. The number of H-pyrrole nitrogens is 1. The topological polar surface area (TPSA) is 61.9 Å². The number of aromatic amines is 1. The maximum Gasteiger partial charge on any atom is 0.271 e. The van der Waals surface area contributed by atoms with Gasteiger partial charge in [-0.25, -0.2) is 4.98 Å². The van der Waals surface area contributed by atoms with Crippen molar-refractivity contribution in [2.24, 2.45) is 5.92 Å².